The Hall–Kier alpha value is -2.87. The van der Waals surface area contributed by atoms with E-state index in [4.69, 9.17) is 5.11 Å². The van der Waals surface area contributed by atoms with E-state index in [1.807, 2.05) is 0 Å². The van der Waals surface area contributed by atoms with Crippen molar-refractivity contribution in [1.29, 1.82) is 0 Å². The fourth-order valence-corrected chi connectivity index (χ4v) is 4.00. The van der Waals surface area contributed by atoms with Crippen LogP contribution in [0.3, 0.4) is 0 Å². The molecule has 0 spiro atoms. The predicted molar refractivity (Wildman–Crippen MR) is 91.1 cm³/mol. The van der Waals surface area contributed by atoms with Crippen LogP contribution in [0.4, 0.5) is 5.69 Å². The number of benzene rings is 2. The summed E-state index contributed by atoms with van der Waals surface area (Å²) in [6, 6.07) is 10.0. The van der Waals surface area contributed by atoms with Gasteiger partial charge in [0.25, 0.3) is 10.0 Å². The zero-order chi connectivity index (χ0) is 18.6. The Morgan fingerprint density at radius 2 is 1.84 bits per heavy atom. The molecule has 1 unspecified atom stereocenters. The maximum atomic E-state index is 13.0. The summed E-state index contributed by atoms with van der Waals surface area (Å²) in [6.45, 7) is 1.70. The molecule has 0 saturated heterocycles. The Morgan fingerprint density at radius 3 is 2.36 bits per heavy atom. The number of carboxylic acids is 1. The van der Waals surface area contributed by atoms with Gasteiger partial charge in [-0.05, 0) is 36.8 Å². The van der Waals surface area contributed by atoms with Gasteiger partial charge in [-0.15, -0.1) is 0 Å². The van der Waals surface area contributed by atoms with Crippen LogP contribution in [0.5, 0.6) is 5.75 Å². The number of hydrogen-bond acceptors (Lipinski definition) is 5. The van der Waals surface area contributed by atoms with Crippen LogP contribution in [0.1, 0.15) is 12.0 Å². The number of phenolic OH excluding ortho intramolecular Hbond substituents is 1. The average Bonchev–Trinajstić information content (AvgIpc) is 2.56. The molecular formula is C17H17NO6S. The van der Waals surface area contributed by atoms with Crippen molar-refractivity contribution in [2.75, 3.05) is 4.31 Å². The molecule has 2 N–H and O–H groups in total. The van der Waals surface area contributed by atoms with Gasteiger partial charge in [0.2, 0.25) is 0 Å². The summed E-state index contributed by atoms with van der Waals surface area (Å²) in [5, 5.41) is 19.2. The number of hydrogen-bond donors (Lipinski definition) is 2. The maximum absolute atomic E-state index is 13.0. The third-order valence-electron chi connectivity index (χ3n) is 3.51. The van der Waals surface area contributed by atoms with Crippen molar-refractivity contribution in [2.45, 2.75) is 24.3 Å². The van der Waals surface area contributed by atoms with Crippen molar-refractivity contribution in [3.05, 3.63) is 54.1 Å². The van der Waals surface area contributed by atoms with Crippen LogP contribution in [0.15, 0.2) is 53.4 Å². The van der Waals surface area contributed by atoms with E-state index in [0.29, 0.717) is 9.87 Å². The molecule has 0 aromatic heterocycles. The highest BCUT2D eigenvalue weighted by molar-refractivity contribution is 7.93. The number of aromatic hydroxyl groups is 1. The average molecular weight is 363 g/mol. The summed E-state index contributed by atoms with van der Waals surface area (Å²) in [6.07, 6.45) is -0.489. The molecule has 2 aromatic rings. The standard InChI is InChI=1S/C17H17NO6S/c1-12-7-8-15(16(20)9-12)18(13(11-19)10-17(21)22)25(23,24)14-5-3-2-4-6-14/h2-9,11,13,20H,10H2,1H3,(H,21,22). The first-order chi connectivity index (χ1) is 11.8. The van der Waals surface area contributed by atoms with E-state index in [-0.39, 0.29) is 22.6 Å². The number of nitrogens with zero attached hydrogens (tertiary/aromatic N) is 1. The van der Waals surface area contributed by atoms with Crippen LogP contribution in [0.25, 0.3) is 0 Å². The fraction of sp³-hybridized carbons (Fsp3) is 0.176. The molecule has 132 valence electrons. The van der Waals surface area contributed by atoms with Crippen molar-refractivity contribution in [3.63, 3.8) is 0 Å². The normalized spacial score (nSPS) is 12.4. The maximum Gasteiger partial charge on any atom is 0.305 e. The predicted octanol–water partition coefficient (Wildman–Crippen LogP) is 1.94. The number of phenols is 1. The number of anilines is 1. The molecule has 8 heteroatoms. The molecule has 0 heterocycles. The van der Waals surface area contributed by atoms with Crippen LogP contribution in [-0.4, -0.2) is 36.9 Å². The molecular weight excluding hydrogens is 346 g/mol. The van der Waals surface area contributed by atoms with Crippen LogP contribution in [0.2, 0.25) is 0 Å². The van der Waals surface area contributed by atoms with Gasteiger partial charge in [-0.3, -0.25) is 9.10 Å². The molecule has 0 bridgehead atoms. The minimum Gasteiger partial charge on any atom is -0.506 e. The summed E-state index contributed by atoms with van der Waals surface area (Å²) in [5.41, 5.74) is 0.520. The van der Waals surface area contributed by atoms with E-state index in [2.05, 4.69) is 0 Å². The van der Waals surface area contributed by atoms with Crippen molar-refractivity contribution in [3.8, 4) is 5.75 Å². The molecule has 2 aromatic carbocycles. The summed E-state index contributed by atoms with van der Waals surface area (Å²) >= 11 is 0. The second kappa shape index (κ2) is 7.35. The minimum absolute atomic E-state index is 0.118. The number of carbonyl (C=O) groups excluding carboxylic acids is 1. The van der Waals surface area contributed by atoms with Crippen molar-refractivity contribution in [2.24, 2.45) is 0 Å². The van der Waals surface area contributed by atoms with Gasteiger partial charge in [-0.1, -0.05) is 24.3 Å². The Balaban J connectivity index is 2.67. The largest absolute Gasteiger partial charge is 0.506 e. The first-order valence-corrected chi connectivity index (χ1v) is 8.77. The van der Waals surface area contributed by atoms with E-state index < -0.39 is 28.5 Å². The van der Waals surface area contributed by atoms with Crippen molar-refractivity contribution in [1.82, 2.24) is 0 Å². The Labute approximate surface area is 145 Å². The lowest BCUT2D eigenvalue weighted by molar-refractivity contribution is -0.138. The monoisotopic (exact) mass is 363 g/mol. The van der Waals surface area contributed by atoms with Gasteiger partial charge in [0.05, 0.1) is 17.0 Å². The molecule has 0 radical (unpaired) electrons. The van der Waals surface area contributed by atoms with Gasteiger partial charge in [0.15, 0.2) is 0 Å². The van der Waals surface area contributed by atoms with E-state index >= 15 is 0 Å². The number of carboxylic acid groups (broad SMARTS) is 1. The van der Waals surface area contributed by atoms with Gasteiger partial charge in [-0.2, -0.15) is 0 Å². The van der Waals surface area contributed by atoms with Crippen LogP contribution in [0, 0.1) is 6.92 Å². The van der Waals surface area contributed by atoms with Crippen LogP contribution in [-0.2, 0) is 19.6 Å². The van der Waals surface area contributed by atoms with Gasteiger partial charge >= 0.3 is 5.97 Å². The number of carbonyl (C=O) groups is 2. The van der Waals surface area contributed by atoms with E-state index in [9.17, 15) is 23.1 Å². The fourth-order valence-electron chi connectivity index (χ4n) is 2.38. The first-order valence-electron chi connectivity index (χ1n) is 7.33. The van der Waals surface area contributed by atoms with Crippen LogP contribution < -0.4 is 4.31 Å². The highest BCUT2D eigenvalue weighted by Gasteiger charge is 2.34. The highest BCUT2D eigenvalue weighted by Crippen LogP contribution is 2.34. The Kier molecular flexibility index (Phi) is 5.43. The number of aldehydes is 1. The molecule has 2 rings (SSSR count). The number of sulfonamides is 1. The number of rotatable bonds is 7. The second-order valence-corrected chi connectivity index (χ2v) is 7.22. The topological polar surface area (TPSA) is 112 Å². The van der Waals surface area contributed by atoms with E-state index in [0.717, 1.165) is 0 Å². The Morgan fingerprint density at radius 1 is 1.20 bits per heavy atom. The smallest absolute Gasteiger partial charge is 0.305 e. The molecule has 0 aliphatic carbocycles. The lowest BCUT2D eigenvalue weighted by Gasteiger charge is -2.29. The molecule has 0 fully saturated rings. The summed E-state index contributed by atoms with van der Waals surface area (Å²) in [4.78, 5) is 22.4. The third-order valence-corrected chi connectivity index (χ3v) is 5.36. The third kappa shape index (κ3) is 3.97. The van der Waals surface area contributed by atoms with E-state index in [1.54, 1.807) is 19.1 Å². The van der Waals surface area contributed by atoms with Crippen LogP contribution >= 0.6 is 0 Å². The van der Waals surface area contributed by atoms with Gasteiger partial charge in [0.1, 0.15) is 18.1 Å². The second-order valence-electron chi connectivity index (χ2n) is 5.41. The summed E-state index contributed by atoms with van der Waals surface area (Å²) in [5.74, 6) is -1.70. The van der Waals surface area contributed by atoms with Gasteiger partial charge in [-0.25, -0.2) is 8.42 Å². The van der Waals surface area contributed by atoms with E-state index in [1.165, 1.54) is 36.4 Å². The molecule has 0 aliphatic heterocycles. The number of aliphatic carboxylic acids is 1. The zero-order valence-corrected chi connectivity index (χ0v) is 14.2. The lowest BCUT2D eigenvalue weighted by atomic mass is 10.1. The zero-order valence-electron chi connectivity index (χ0n) is 13.4. The molecule has 7 nitrogen and oxygen atoms in total. The molecule has 0 amide bonds. The van der Waals surface area contributed by atoms with Gasteiger partial charge < -0.3 is 15.0 Å². The number of aryl methyl sites for hydroxylation is 1. The Bertz CT molecular complexity index is 879. The minimum atomic E-state index is -4.27. The quantitative estimate of drug-likeness (QED) is 0.727. The SMILES string of the molecule is Cc1ccc(N(C(C=O)CC(=O)O)S(=O)(=O)c2ccccc2)c(O)c1. The van der Waals surface area contributed by atoms with Crippen molar-refractivity contribution >= 4 is 28.0 Å². The first kappa shape index (κ1) is 18.5. The lowest BCUT2D eigenvalue weighted by Crippen LogP contribution is -2.42. The molecule has 25 heavy (non-hydrogen) atoms. The molecule has 0 saturated carbocycles. The molecule has 1 atom stereocenters. The highest BCUT2D eigenvalue weighted by atomic mass is 32.2. The summed E-state index contributed by atoms with van der Waals surface area (Å²) < 4.78 is 26.7. The van der Waals surface area contributed by atoms with Crippen molar-refractivity contribution < 1.29 is 28.2 Å². The summed E-state index contributed by atoms with van der Waals surface area (Å²) in [7, 11) is -4.27. The molecule has 0 aliphatic rings. The van der Waals surface area contributed by atoms with Gasteiger partial charge in [0, 0.05) is 0 Å².